The number of nitrogens with zero attached hydrogens (tertiary/aromatic N) is 5. The zero-order chi connectivity index (χ0) is 14.1. The Kier molecular flexibility index (Phi) is 3.47. The van der Waals surface area contributed by atoms with Crippen LogP contribution in [0.3, 0.4) is 0 Å². The monoisotopic (exact) mass is 292 g/mol. The van der Waals surface area contributed by atoms with Gasteiger partial charge in [0.25, 0.3) is 5.91 Å². The fourth-order valence-corrected chi connectivity index (χ4v) is 2.84. The number of aryl methyl sites for hydroxylation is 1. The van der Waals surface area contributed by atoms with Crippen LogP contribution < -0.4 is 5.32 Å². The molecule has 1 aliphatic heterocycles. The molecule has 2 aromatic heterocycles. The van der Waals surface area contributed by atoms with Crippen LogP contribution in [0.4, 0.5) is 0 Å². The quantitative estimate of drug-likeness (QED) is 0.912. The summed E-state index contributed by atoms with van der Waals surface area (Å²) in [5.74, 6) is 2.22. The molecule has 2 aromatic rings. The highest BCUT2D eigenvalue weighted by Crippen LogP contribution is 2.20. The van der Waals surface area contributed by atoms with Gasteiger partial charge in [-0.2, -0.15) is 0 Å². The molecule has 1 N–H and O–H groups in total. The van der Waals surface area contributed by atoms with Gasteiger partial charge in [0.05, 0.1) is 6.20 Å². The fraction of sp³-hybridized carbons (Fsp3) is 0.583. The number of aromatic nitrogens is 5. The minimum Gasteiger partial charge on any atom is -0.347 e. The summed E-state index contributed by atoms with van der Waals surface area (Å²) in [6, 6.07) is 0.102. The lowest BCUT2D eigenvalue weighted by atomic mass is 10.1. The molecule has 0 bridgehead atoms. The van der Waals surface area contributed by atoms with Gasteiger partial charge in [0.2, 0.25) is 0 Å². The zero-order valence-corrected chi connectivity index (χ0v) is 12.2. The lowest BCUT2D eigenvalue weighted by Crippen LogP contribution is -2.41. The molecule has 8 heteroatoms. The number of nitrogens with one attached hydrogen (secondary N) is 1. The molecule has 3 heterocycles. The predicted octanol–water partition coefficient (Wildman–Crippen LogP) is 0.998. The molecule has 0 radical (unpaired) electrons. The van der Waals surface area contributed by atoms with E-state index >= 15 is 0 Å². The topological polar surface area (TPSA) is 85.6 Å². The van der Waals surface area contributed by atoms with E-state index in [-0.39, 0.29) is 11.9 Å². The van der Waals surface area contributed by atoms with E-state index in [0.29, 0.717) is 10.8 Å². The number of rotatable bonds is 3. The zero-order valence-electron chi connectivity index (χ0n) is 11.4. The van der Waals surface area contributed by atoms with Gasteiger partial charge in [0.15, 0.2) is 0 Å². The highest BCUT2D eigenvalue weighted by Gasteiger charge is 2.25. The van der Waals surface area contributed by atoms with Crippen molar-refractivity contribution in [2.45, 2.75) is 45.2 Å². The molecule has 0 unspecified atom stereocenters. The van der Waals surface area contributed by atoms with Gasteiger partial charge in [0, 0.05) is 24.9 Å². The molecular formula is C12H16N6OS. The van der Waals surface area contributed by atoms with Gasteiger partial charge >= 0.3 is 0 Å². The second kappa shape index (κ2) is 5.28. The molecular weight excluding hydrogens is 276 g/mol. The first-order valence-corrected chi connectivity index (χ1v) is 7.42. The first kappa shape index (κ1) is 13.2. The Morgan fingerprint density at radius 1 is 1.50 bits per heavy atom. The molecule has 0 aromatic carbocycles. The number of amides is 1. The molecule has 0 saturated heterocycles. The number of carbonyl (C=O) groups is 1. The van der Waals surface area contributed by atoms with Crippen LogP contribution >= 0.6 is 11.5 Å². The van der Waals surface area contributed by atoms with E-state index in [9.17, 15) is 4.79 Å². The van der Waals surface area contributed by atoms with Gasteiger partial charge in [-0.05, 0) is 18.0 Å². The van der Waals surface area contributed by atoms with Gasteiger partial charge < -0.3 is 9.88 Å². The Bertz CT molecular complexity index is 606. The highest BCUT2D eigenvalue weighted by molar-refractivity contribution is 7.07. The van der Waals surface area contributed by atoms with Gasteiger partial charge in [0.1, 0.15) is 16.5 Å². The first-order valence-electron chi connectivity index (χ1n) is 6.65. The third kappa shape index (κ3) is 2.43. The summed E-state index contributed by atoms with van der Waals surface area (Å²) in [5, 5.41) is 15.2. The molecule has 106 valence electrons. The van der Waals surface area contributed by atoms with Crippen molar-refractivity contribution in [2.75, 3.05) is 0 Å². The Labute approximate surface area is 120 Å². The van der Waals surface area contributed by atoms with Gasteiger partial charge in [-0.3, -0.25) is 4.79 Å². The summed E-state index contributed by atoms with van der Waals surface area (Å²) < 4.78 is 5.84. The van der Waals surface area contributed by atoms with Crippen molar-refractivity contribution in [1.29, 1.82) is 0 Å². The number of carbonyl (C=O) groups excluding carboxylic acids is 1. The molecule has 20 heavy (non-hydrogen) atoms. The minimum absolute atomic E-state index is 0.102. The largest absolute Gasteiger partial charge is 0.347 e. The lowest BCUT2D eigenvalue weighted by molar-refractivity contribution is 0.0931. The average molecular weight is 292 g/mol. The normalized spacial score (nSPS) is 18.1. The van der Waals surface area contributed by atoms with E-state index in [0.717, 1.165) is 42.6 Å². The van der Waals surface area contributed by atoms with Gasteiger partial charge in [-0.25, -0.2) is 0 Å². The van der Waals surface area contributed by atoms with Crippen molar-refractivity contribution in [2.24, 2.45) is 0 Å². The Balaban J connectivity index is 1.72. The number of hydrogen-bond donors (Lipinski definition) is 1. The van der Waals surface area contributed by atoms with E-state index in [1.54, 1.807) is 0 Å². The van der Waals surface area contributed by atoms with Crippen LogP contribution in [0.1, 0.15) is 47.5 Å². The van der Waals surface area contributed by atoms with Crippen molar-refractivity contribution in [1.82, 2.24) is 29.7 Å². The van der Waals surface area contributed by atoms with Crippen LogP contribution in [0.25, 0.3) is 0 Å². The van der Waals surface area contributed by atoms with Gasteiger partial charge in [-0.15, -0.1) is 15.3 Å². The summed E-state index contributed by atoms with van der Waals surface area (Å²) in [6.07, 6.45) is 3.21. The maximum absolute atomic E-state index is 12.0. The molecule has 1 aliphatic rings. The summed E-state index contributed by atoms with van der Waals surface area (Å²) >= 11 is 1.11. The van der Waals surface area contributed by atoms with E-state index in [1.165, 1.54) is 6.20 Å². The van der Waals surface area contributed by atoms with Crippen LogP contribution in [0.5, 0.6) is 0 Å². The van der Waals surface area contributed by atoms with Crippen LogP contribution in [0.15, 0.2) is 6.20 Å². The second-order valence-corrected chi connectivity index (χ2v) is 6.02. The SMILES string of the molecule is CC(C)c1nnc2n1C[C@H](NC(=O)c1cnns1)CC2. The van der Waals surface area contributed by atoms with Crippen LogP contribution in [-0.2, 0) is 13.0 Å². The number of fused-ring (bicyclic) bond motifs is 1. The van der Waals surface area contributed by atoms with Crippen LogP contribution in [0, 0.1) is 0 Å². The molecule has 0 spiro atoms. The fourth-order valence-electron chi connectivity index (χ4n) is 2.42. The van der Waals surface area contributed by atoms with Crippen LogP contribution in [0.2, 0.25) is 0 Å². The summed E-state index contributed by atoms with van der Waals surface area (Å²) in [5.41, 5.74) is 0. The van der Waals surface area contributed by atoms with Crippen LogP contribution in [-0.4, -0.2) is 36.3 Å². The average Bonchev–Trinajstić information content (AvgIpc) is 3.07. The number of hydrogen-bond acceptors (Lipinski definition) is 6. The Morgan fingerprint density at radius 2 is 2.35 bits per heavy atom. The molecule has 7 nitrogen and oxygen atoms in total. The Hall–Kier alpha value is -1.83. The standard InChI is InChI=1S/C12H16N6OS/c1-7(2)11-16-15-10-4-3-8(6-18(10)11)14-12(19)9-5-13-17-20-9/h5,7-8H,3-4,6H2,1-2H3,(H,14,19)/t8-/m1/s1. The third-order valence-corrected chi connectivity index (χ3v) is 4.08. The molecule has 1 amide bonds. The maximum Gasteiger partial charge on any atom is 0.264 e. The molecule has 1 atom stereocenters. The van der Waals surface area contributed by atoms with E-state index in [4.69, 9.17) is 0 Å². The summed E-state index contributed by atoms with van der Waals surface area (Å²) in [4.78, 5) is 12.6. The van der Waals surface area contributed by atoms with Crippen molar-refractivity contribution in [3.63, 3.8) is 0 Å². The maximum atomic E-state index is 12.0. The second-order valence-electron chi connectivity index (χ2n) is 5.23. The van der Waals surface area contributed by atoms with E-state index < -0.39 is 0 Å². The summed E-state index contributed by atoms with van der Waals surface area (Å²) in [6.45, 7) is 4.93. The van der Waals surface area contributed by atoms with E-state index in [2.05, 4.69) is 43.5 Å². The lowest BCUT2D eigenvalue weighted by Gasteiger charge is -2.25. The van der Waals surface area contributed by atoms with Crippen molar-refractivity contribution in [3.8, 4) is 0 Å². The minimum atomic E-state index is -0.104. The smallest absolute Gasteiger partial charge is 0.264 e. The molecule has 0 saturated carbocycles. The van der Waals surface area contributed by atoms with Crippen molar-refractivity contribution < 1.29 is 4.79 Å². The van der Waals surface area contributed by atoms with Gasteiger partial charge in [-0.1, -0.05) is 18.3 Å². The highest BCUT2D eigenvalue weighted by atomic mass is 32.1. The van der Waals surface area contributed by atoms with E-state index in [1.807, 2.05) is 0 Å². The molecule has 3 rings (SSSR count). The Morgan fingerprint density at radius 3 is 3.05 bits per heavy atom. The predicted molar refractivity (Wildman–Crippen MR) is 73.6 cm³/mol. The molecule has 0 fully saturated rings. The van der Waals surface area contributed by atoms with Crippen molar-refractivity contribution in [3.05, 3.63) is 22.7 Å². The third-order valence-electron chi connectivity index (χ3n) is 3.41. The molecule has 0 aliphatic carbocycles. The summed E-state index contributed by atoms with van der Waals surface area (Å²) in [7, 11) is 0. The van der Waals surface area contributed by atoms with Crippen molar-refractivity contribution >= 4 is 17.4 Å². The first-order chi connectivity index (χ1) is 9.65.